The van der Waals surface area contributed by atoms with E-state index in [-0.39, 0.29) is 35.7 Å². The maximum atomic E-state index is 13.1. The lowest BCUT2D eigenvalue weighted by molar-refractivity contribution is -0.144. The van der Waals surface area contributed by atoms with E-state index in [4.69, 9.17) is 4.74 Å². The second-order valence-corrected chi connectivity index (χ2v) is 9.22. The van der Waals surface area contributed by atoms with E-state index in [0.29, 0.717) is 30.5 Å². The average Bonchev–Trinajstić information content (AvgIpc) is 2.79. The number of hydrogen-bond acceptors (Lipinski definition) is 7. The molecule has 1 aliphatic heterocycles. The van der Waals surface area contributed by atoms with Gasteiger partial charge in [0.15, 0.2) is 0 Å². The van der Waals surface area contributed by atoms with Crippen LogP contribution in [0.4, 0.5) is 19.0 Å². The van der Waals surface area contributed by atoms with Crippen molar-refractivity contribution in [3.8, 4) is 0 Å². The molecule has 1 saturated heterocycles. The molecule has 8 nitrogen and oxygen atoms in total. The van der Waals surface area contributed by atoms with E-state index in [1.165, 1.54) is 12.4 Å². The third-order valence-electron chi connectivity index (χ3n) is 6.69. The fourth-order valence-corrected chi connectivity index (χ4v) is 4.95. The molecule has 2 fully saturated rings. The number of rotatable bonds is 8. The van der Waals surface area contributed by atoms with Crippen molar-refractivity contribution in [1.29, 1.82) is 0 Å². The van der Waals surface area contributed by atoms with Gasteiger partial charge in [0.1, 0.15) is 12.1 Å². The Hall–Kier alpha value is -2.95. The van der Waals surface area contributed by atoms with E-state index >= 15 is 0 Å². The van der Waals surface area contributed by atoms with Gasteiger partial charge in [-0.3, -0.25) is 14.5 Å². The zero-order chi connectivity index (χ0) is 25.0. The van der Waals surface area contributed by atoms with Crippen molar-refractivity contribution >= 4 is 28.6 Å². The van der Waals surface area contributed by atoms with Crippen LogP contribution in [-0.4, -0.2) is 65.1 Å². The average molecular weight is 494 g/mol. The highest BCUT2D eigenvalue weighted by Gasteiger charge is 2.36. The summed E-state index contributed by atoms with van der Waals surface area (Å²) in [6.07, 6.45) is 1.40. The smallest absolute Gasteiger partial charge is 0.416 e. The first kappa shape index (κ1) is 25.2. The Morgan fingerprint density at radius 3 is 2.74 bits per heavy atom. The molecule has 1 amide bonds. The van der Waals surface area contributed by atoms with Gasteiger partial charge in [0, 0.05) is 30.9 Å². The third-order valence-corrected chi connectivity index (χ3v) is 6.69. The number of ether oxygens (including phenoxy) is 1. The van der Waals surface area contributed by atoms with Crippen molar-refractivity contribution in [2.75, 3.05) is 31.6 Å². The highest BCUT2D eigenvalue weighted by molar-refractivity contribution is 5.91. The summed E-state index contributed by atoms with van der Waals surface area (Å²) in [4.78, 5) is 34.6. The summed E-state index contributed by atoms with van der Waals surface area (Å²) in [6, 6.07) is 3.67. The van der Waals surface area contributed by atoms with Gasteiger partial charge in [-0.15, -0.1) is 0 Å². The van der Waals surface area contributed by atoms with Gasteiger partial charge in [-0.1, -0.05) is 6.42 Å². The molecule has 2 aromatic rings. The normalized spacial score (nSPS) is 21.4. The molecule has 11 heteroatoms. The summed E-state index contributed by atoms with van der Waals surface area (Å²) in [5.74, 6) is 0.134. The van der Waals surface area contributed by atoms with Gasteiger partial charge < -0.3 is 15.4 Å². The number of carbonyl (C=O) groups excluding carboxylic acids is 2. The number of amides is 1. The van der Waals surface area contributed by atoms with Crippen molar-refractivity contribution < 1.29 is 27.5 Å². The summed E-state index contributed by atoms with van der Waals surface area (Å²) in [5, 5.41) is 6.01. The molecule has 2 atom stereocenters. The van der Waals surface area contributed by atoms with E-state index in [0.717, 1.165) is 50.9 Å². The Morgan fingerprint density at radius 1 is 1.20 bits per heavy atom. The number of nitrogens with zero attached hydrogens (tertiary/aromatic N) is 3. The van der Waals surface area contributed by atoms with E-state index < -0.39 is 11.7 Å². The maximum Gasteiger partial charge on any atom is 0.416 e. The number of likely N-dealkylation sites (tertiary alicyclic amines) is 1. The van der Waals surface area contributed by atoms with Crippen LogP contribution in [0.2, 0.25) is 0 Å². The van der Waals surface area contributed by atoms with Gasteiger partial charge in [-0.05, 0) is 50.3 Å². The summed E-state index contributed by atoms with van der Waals surface area (Å²) in [7, 11) is 0. The molecule has 0 bridgehead atoms. The van der Waals surface area contributed by atoms with Crippen molar-refractivity contribution in [3.05, 3.63) is 30.1 Å². The van der Waals surface area contributed by atoms with Crippen molar-refractivity contribution in [2.45, 2.75) is 57.3 Å². The lowest BCUT2D eigenvalue weighted by atomic mass is 9.82. The molecule has 35 heavy (non-hydrogen) atoms. The topological polar surface area (TPSA) is 96.5 Å². The van der Waals surface area contributed by atoms with E-state index in [1.54, 1.807) is 0 Å². The van der Waals surface area contributed by atoms with Crippen molar-refractivity contribution in [3.63, 3.8) is 0 Å². The maximum absolute atomic E-state index is 13.1. The molecule has 190 valence electrons. The zero-order valence-electron chi connectivity index (χ0n) is 19.6. The lowest BCUT2D eigenvalue weighted by Crippen LogP contribution is -2.63. The summed E-state index contributed by atoms with van der Waals surface area (Å²) >= 11 is 0. The van der Waals surface area contributed by atoms with Crippen molar-refractivity contribution in [1.82, 2.24) is 20.2 Å². The third kappa shape index (κ3) is 6.39. The second kappa shape index (κ2) is 10.8. The summed E-state index contributed by atoms with van der Waals surface area (Å²) in [5.41, 5.74) is -0.437. The van der Waals surface area contributed by atoms with E-state index in [1.807, 2.05) is 6.92 Å². The monoisotopic (exact) mass is 493 g/mol. The largest absolute Gasteiger partial charge is 0.466 e. The number of nitrogens with one attached hydrogen (secondary N) is 2. The van der Waals surface area contributed by atoms with Crippen LogP contribution in [-0.2, 0) is 20.5 Å². The molecule has 1 aliphatic carbocycles. The van der Waals surface area contributed by atoms with Crippen LogP contribution in [0, 0.1) is 5.92 Å². The highest BCUT2D eigenvalue weighted by Crippen LogP contribution is 2.33. The Labute approximate surface area is 201 Å². The Kier molecular flexibility index (Phi) is 7.73. The van der Waals surface area contributed by atoms with Crippen LogP contribution in [0.5, 0.6) is 0 Å². The standard InChI is InChI=1S/C24H30F3N5O3/c1-2-35-22(34)9-15-4-3-5-18(8-15)32-12-17(13-32)31-21(33)11-28-23-19-10-16(24(25,26)27)6-7-20(19)29-14-30-23/h6-7,10,14-15,17-18H,2-5,8-9,11-13H2,1H3,(H,31,33)(H,28,29,30). The molecule has 0 spiro atoms. The molecule has 1 aromatic heterocycles. The number of benzene rings is 1. The molecular formula is C24H30F3N5O3. The number of esters is 1. The van der Waals surface area contributed by atoms with Gasteiger partial charge >= 0.3 is 12.1 Å². The van der Waals surface area contributed by atoms with Gasteiger partial charge in [0.25, 0.3) is 0 Å². The molecule has 1 aromatic carbocycles. The number of carbonyl (C=O) groups is 2. The van der Waals surface area contributed by atoms with Gasteiger partial charge in [0.2, 0.25) is 5.91 Å². The lowest BCUT2D eigenvalue weighted by Gasteiger charge is -2.47. The predicted octanol–water partition coefficient (Wildman–Crippen LogP) is 3.37. The van der Waals surface area contributed by atoms with E-state index in [2.05, 4.69) is 25.5 Å². The SMILES string of the molecule is CCOC(=O)CC1CCCC(N2CC(NC(=O)CNc3ncnc4ccc(C(F)(F)F)cc34)C2)C1. The zero-order valence-corrected chi connectivity index (χ0v) is 19.6. The molecule has 2 aliphatic rings. The summed E-state index contributed by atoms with van der Waals surface area (Å²) < 4.78 is 44.3. The molecule has 2 unspecified atom stereocenters. The second-order valence-electron chi connectivity index (χ2n) is 9.22. The van der Waals surface area contributed by atoms with Crippen molar-refractivity contribution in [2.24, 2.45) is 5.92 Å². The number of halogens is 3. The van der Waals surface area contributed by atoms with Crippen LogP contribution in [0.1, 0.15) is 44.6 Å². The number of hydrogen-bond donors (Lipinski definition) is 2. The van der Waals surface area contributed by atoms with Crippen LogP contribution in [0.3, 0.4) is 0 Å². The molecule has 4 rings (SSSR count). The number of aromatic nitrogens is 2. The minimum atomic E-state index is -4.48. The molecule has 1 saturated carbocycles. The first-order valence-electron chi connectivity index (χ1n) is 12.0. The van der Waals surface area contributed by atoms with Gasteiger partial charge in [-0.2, -0.15) is 13.2 Å². The molecule has 0 radical (unpaired) electrons. The number of alkyl halides is 3. The Balaban J connectivity index is 1.24. The van der Waals surface area contributed by atoms with E-state index in [9.17, 15) is 22.8 Å². The minimum absolute atomic E-state index is 0.0220. The highest BCUT2D eigenvalue weighted by atomic mass is 19.4. The van der Waals surface area contributed by atoms with Crippen LogP contribution < -0.4 is 10.6 Å². The van der Waals surface area contributed by atoms with Gasteiger partial charge in [-0.25, -0.2) is 9.97 Å². The number of anilines is 1. The van der Waals surface area contributed by atoms with Crippen LogP contribution in [0.25, 0.3) is 10.9 Å². The Bertz CT molecular complexity index is 1060. The number of fused-ring (bicyclic) bond motifs is 1. The fourth-order valence-electron chi connectivity index (χ4n) is 4.95. The van der Waals surface area contributed by atoms with Crippen LogP contribution >= 0.6 is 0 Å². The summed E-state index contributed by atoms with van der Waals surface area (Å²) in [6.45, 7) is 3.59. The predicted molar refractivity (Wildman–Crippen MR) is 124 cm³/mol. The van der Waals surface area contributed by atoms with Gasteiger partial charge in [0.05, 0.1) is 30.3 Å². The molecular weight excluding hydrogens is 463 g/mol. The first-order valence-corrected chi connectivity index (χ1v) is 12.0. The Morgan fingerprint density at radius 2 is 2.00 bits per heavy atom. The van der Waals surface area contributed by atoms with Crippen LogP contribution in [0.15, 0.2) is 24.5 Å². The first-order chi connectivity index (χ1) is 16.7. The molecule has 2 N–H and O–H groups in total. The fraction of sp³-hybridized carbons (Fsp3) is 0.583. The molecule has 2 heterocycles. The quantitative estimate of drug-likeness (QED) is 0.545. The minimum Gasteiger partial charge on any atom is -0.466 e.